The molecule has 0 heterocycles. The molecule has 0 aromatic carbocycles. The van der Waals surface area contributed by atoms with Crippen LogP contribution in [0.15, 0.2) is 0 Å². The van der Waals surface area contributed by atoms with Gasteiger partial charge in [-0.05, 0) is 0 Å². The Morgan fingerprint density at radius 2 is 1.00 bits per heavy atom. The zero-order valence-corrected chi connectivity index (χ0v) is 6.20. The Labute approximate surface area is 105 Å². The van der Waals surface area contributed by atoms with Gasteiger partial charge >= 0.3 is 89.8 Å². The van der Waals surface area contributed by atoms with Crippen LogP contribution in [0.4, 0.5) is 0 Å². The van der Waals surface area contributed by atoms with Crippen molar-refractivity contribution in [3.63, 3.8) is 0 Å². The molecular weight excluding hydrogens is 391 g/mol. The number of hydrogen-bond donors (Lipinski definition) is 0. The average Bonchev–Trinajstić information content (AvgIpc) is 0. The first-order valence-corrected chi connectivity index (χ1v) is 0. The second-order valence-electron chi connectivity index (χ2n) is 0. The van der Waals surface area contributed by atoms with E-state index in [-0.39, 0.29) is 107 Å². The van der Waals surface area contributed by atoms with E-state index in [1.807, 2.05) is 0 Å². The Balaban J connectivity index is 0. The van der Waals surface area contributed by atoms with Gasteiger partial charge in [0.1, 0.15) is 0 Å². The van der Waals surface area contributed by atoms with Crippen LogP contribution in [0.3, 0.4) is 0 Å². The molecule has 0 aromatic heterocycles. The van der Waals surface area contributed by atoms with Crippen LogP contribution in [0.2, 0.25) is 0 Å². The maximum atomic E-state index is 0. The van der Waals surface area contributed by atoms with E-state index in [4.69, 9.17) is 0 Å². The van der Waals surface area contributed by atoms with Gasteiger partial charge in [0.25, 0.3) is 0 Å². The Hall–Kier alpha value is 3.55. The summed E-state index contributed by atoms with van der Waals surface area (Å²) in [6.07, 6.45) is 0. The first kappa shape index (κ1) is 25.7. The summed E-state index contributed by atoms with van der Waals surface area (Å²) < 4.78 is 0. The van der Waals surface area contributed by atoms with Crippen molar-refractivity contribution in [2.24, 2.45) is 0 Å². The van der Waals surface area contributed by atoms with Gasteiger partial charge in [-0.3, -0.25) is 0 Å². The van der Waals surface area contributed by atoms with E-state index >= 15 is 0 Å². The van der Waals surface area contributed by atoms with Gasteiger partial charge in [0.05, 0.1) is 0 Å². The summed E-state index contributed by atoms with van der Waals surface area (Å²) in [5.41, 5.74) is 0. The molecule has 0 radical (unpaired) electrons. The standard InChI is InChI=1S/Al.Bi.Ca.In.11H. The third-order valence-electron chi connectivity index (χ3n) is 0. The average molecular weight is 402 g/mol. The van der Waals surface area contributed by atoms with Crippen molar-refractivity contribution in [1.82, 2.24) is 0 Å². The van der Waals surface area contributed by atoms with Crippen LogP contribution in [0.25, 0.3) is 0 Å². The number of rotatable bonds is 0. The minimum atomic E-state index is 0. The summed E-state index contributed by atoms with van der Waals surface area (Å²) in [5.74, 6) is 0. The quantitative estimate of drug-likeness (QED) is 0.359. The first-order chi connectivity index (χ1) is 0. The molecule has 0 N–H and O–H groups in total. The van der Waals surface area contributed by atoms with Crippen molar-refractivity contribution in [3.05, 3.63) is 0 Å². The van der Waals surface area contributed by atoms with Crippen molar-refractivity contribution in [1.29, 1.82) is 0 Å². The number of hydrogen-bond acceptors (Lipinski definition) is 0. The molecule has 0 atom stereocenters. The summed E-state index contributed by atoms with van der Waals surface area (Å²) >= 11 is 0. The SMILES string of the molecule is [AlH3].[BiH3].[CaH2].[InH3]. The van der Waals surface area contributed by atoms with Crippen LogP contribution in [0.1, 0.15) is 0 Å². The molecule has 4 heteroatoms. The third-order valence-corrected chi connectivity index (χ3v) is 0. The van der Waals surface area contributed by atoms with Crippen LogP contribution in [0, 0.1) is 0 Å². The van der Waals surface area contributed by atoms with E-state index in [0.29, 0.717) is 0 Å². The summed E-state index contributed by atoms with van der Waals surface area (Å²) in [7, 11) is 0. The summed E-state index contributed by atoms with van der Waals surface area (Å²) in [5, 5.41) is 0. The summed E-state index contributed by atoms with van der Waals surface area (Å²) in [6, 6.07) is 0. The molecule has 0 bridgehead atoms. The predicted octanol–water partition coefficient (Wildman–Crippen LogP) is -4.47. The molecular formula is H11AlBiCaIn. The monoisotopic (exact) mass is 402 g/mol. The Bertz CT molecular complexity index is 8.00. The molecule has 0 aromatic rings. The Morgan fingerprint density at radius 3 is 1.00 bits per heavy atom. The van der Waals surface area contributed by atoms with Gasteiger partial charge < -0.3 is 0 Å². The van der Waals surface area contributed by atoms with Gasteiger partial charge in [-0.2, -0.15) is 0 Å². The Kier molecular flexibility index (Phi) is 103. The van der Waals surface area contributed by atoms with Gasteiger partial charge in [0.15, 0.2) is 17.4 Å². The van der Waals surface area contributed by atoms with Crippen LogP contribution in [0.5, 0.6) is 0 Å². The molecule has 0 aliphatic heterocycles. The molecule has 0 amide bonds. The molecule has 0 rings (SSSR count). The zero-order chi connectivity index (χ0) is 0. The molecule has 0 saturated carbocycles. The van der Waals surface area contributed by atoms with E-state index in [1.54, 1.807) is 0 Å². The molecule has 4 heavy (non-hydrogen) atoms. The molecule has 0 aliphatic carbocycles. The van der Waals surface area contributed by atoms with E-state index < -0.39 is 0 Å². The van der Waals surface area contributed by atoms with Gasteiger partial charge in [0.2, 0.25) is 0 Å². The molecule has 0 fully saturated rings. The zero-order valence-electron chi connectivity index (χ0n) is 0.707. The fourth-order valence-corrected chi connectivity index (χ4v) is 0. The van der Waals surface area contributed by atoms with E-state index in [2.05, 4.69) is 0 Å². The predicted molar refractivity (Wildman–Crippen MR) is 38.4 cm³/mol. The summed E-state index contributed by atoms with van der Waals surface area (Å²) in [6.45, 7) is 0. The fourth-order valence-electron chi connectivity index (χ4n) is 0. The van der Waals surface area contributed by atoms with Gasteiger partial charge in [-0.25, -0.2) is 0 Å². The molecule has 24 valence electrons. The topological polar surface area (TPSA) is 0 Å². The van der Waals surface area contributed by atoms with Crippen molar-refractivity contribution < 1.29 is 0 Å². The second kappa shape index (κ2) is 16.0. The molecule has 0 saturated heterocycles. The summed E-state index contributed by atoms with van der Waals surface area (Å²) in [4.78, 5) is 0. The minimum absolute atomic E-state index is 0. The molecule has 0 nitrogen and oxygen atoms in total. The molecule has 0 unspecified atom stereocenters. The van der Waals surface area contributed by atoms with Crippen molar-refractivity contribution in [2.75, 3.05) is 0 Å². The maximum absolute atomic E-state index is 0. The van der Waals surface area contributed by atoms with Crippen LogP contribution in [-0.4, -0.2) is 107 Å². The molecule has 0 spiro atoms. The van der Waals surface area contributed by atoms with Crippen LogP contribution >= 0.6 is 0 Å². The first-order valence-electron chi connectivity index (χ1n) is 0. The van der Waals surface area contributed by atoms with E-state index in [1.165, 1.54) is 0 Å². The second-order valence-corrected chi connectivity index (χ2v) is 0. The van der Waals surface area contributed by atoms with Gasteiger partial charge in [0, 0.05) is 0 Å². The fraction of sp³-hybridized carbons (Fsp3) is 0. The van der Waals surface area contributed by atoms with Crippen molar-refractivity contribution >= 4 is 107 Å². The van der Waals surface area contributed by atoms with Crippen LogP contribution in [-0.2, 0) is 0 Å². The van der Waals surface area contributed by atoms with Gasteiger partial charge in [-0.1, -0.05) is 0 Å². The van der Waals surface area contributed by atoms with Crippen molar-refractivity contribution in [2.45, 2.75) is 0 Å². The van der Waals surface area contributed by atoms with E-state index in [0.717, 1.165) is 0 Å². The van der Waals surface area contributed by atoms with Crippen molar-refractivity contribution in [3.8, 4) is 0 Å². The van der Waals surface area contributed by atoms with Crippen LogP contribution < -0.4 is 0 Å². The van der Waals surface area contributed by atoms with E-state index in [9.17, 15) is 0 Å². The van der Waals surface area contributed by atoms with Gasteiger partial charge in [-0.15, -0.1) is 0 Å². The third kappa shape index (κ3) is 9.11. The molecule has 0 aliphatic rings. The normalized spacial score (nSPS) is 0. The Morgan fingerprint density at radius 1 is 1.00 bits per heavy atom.